The molecule has 2 amide bonds. The van der Waals surface area contributed by atoms with Gasteiger partial charge in [-0.2, -0.15) is 0 Å². The molecule has 3 aromatic rings. The highest BCUT2D eigenvalue weighted by molar-refractivity contribution is 9.09. The van der Waals surface area contributed by atoms with Crippen LogP contribution in [0.3, 0.4) is 0 Å². The minimum atomic E-state index is -1.07. The molecule has 1 aliphatic rings. The zero-order valence-electron chi connectivity index (χ0n) is 22.8. The number of allylic oxidation sites excluding steroid dienone is 1. The van der Waals surface area contributed by atoms with Crippen molar-refractivity contribution in [3.8, 4) is 0 Å². The van der Waals surface area contributed by atoms with Crippen molar-refractivity contribution in [2.45, 2.75) is 38.6 Å². The SMILES string of the molecule is CC(C)=C(C(=O)OC(c1ccccc1)c1ccccc1)N1C(=O)C(NC(=O)Cc2ccccc2)C1OCC(=O)CBr. The number of hydrogen-bond acceptors (Lipinski definition) is 6. The summed E-state index contributed by atoms with van der Waals surface area (Å²) < 4.78 is 11.8. The van der Waals surface area contributed by atoms with Gasteiger partial charge in [-0.25, -0.2) is 4.79 Å². The summed E-state index contributed by atoms with van der Waals surface area (Å²) in [6, 6.07) is 26.6. The smallest absolute Gasteiger partial charge is 0.356 e. The normalized spacial score (nSPS) is 16.1. The van der Waals surface area contributed by atoms with Crippen molar-refractivity contribution in [2.24, 2.45) is 0 Å². The lowest BCUT2D eigenvalue weighted by Crippen LogP contribution is -2.72. The van der Waals surface area contributed by atoms with Gasteiger partial charge in [0.15, 0.2) is 24.2 Å². The molecule has 0 bridgehead atoms. The topological polar surface area (TPSA) is 102 Å². The van der Waals surface area contributed by atoms with Crippen LogP contribution >= 0.6 is 15.9 Å². The number of nitrogens with one attached hydrogen (secondary N) is 1. The third kappa shape index (κ3) is 7.36. The van der Waals surface area contributed by atoms with Gasteiger partial charge in [0.25, 0.3) is 5.91 Å². The van der Waals surface area contributed by atoms with E-state index in [2.05, 4.69) is 21.2 Å². The van der Waals surface area contributed by atoms with E-state index in [0.29, 0.717) is 5.57 Å². The number of benzene rings is 3. The van der Waals surface area contributed by atoms with Crippen LogP contribution in [0.1, 0.15) is 36.6 Å². The van der Waals surface area contributed by atoms with Gasteiger partial charge in [-0.05, 0) is 36.1 Å². The average Bonchev–Trinajstić information content (AvgIpc) is 2.99. The molecule has 2 atom stereocenters. The molecule has 0 spiro atoms. The number of esters is 1. The Hall–Kier alpha value is -4.08. The van der Waals surface area contributed by atoms with Crippen LogP contribution in [0.15, 0.2) is 102 Å². The van der Waals surface area contributed by atoms with Gasteiger partial charge in [0, 0.05) is 0 Å². The number of carbonyl (C=O) groups is 4. The van der Waals surface area contributed by atoms with Gasteiger partial charge in [-0.15, -0.1) is 0 Å². The summed E-state index contributed by atoms with van der Waals surface area (Å²) >= 11 is 3.11. The molecule has 212 valence electrons. The van der Waals surface area contributed by atoms with Crippen molar-refractivity contribution < 1.29 is 28.7 Å². The fourth-order valence-corrected chi connectivity index (χ4v) is 4.68. The molecule has 2 unspecified atom stereocenters. The zero-order valence-corrected chi connectivity index (χ0v) is 24.4. The standard InChI is InChI=1S/C32H31BrN2O6/c1-21(2)28(32(39)41-29(23-14-8-4-9-15-23)24-16-10-5-11-17-24)35-30(38)27(31(35)40-20-25(36)19-33)34-26(37)18-22-12-6-3-7-13-22/h3-17,27,29,31H,18-20H2,1-2H3,(H,34,37). The van der Waals surface area contributed by atoms with E-state index in [1.165, 1.54) is 4.90 Å². The van der Waals surface area contributed by atoms with E-state index >= 15 is 0 Å². The maximum atomic E-state index is 13.7. The predicted molar refractivity (Wildman–Crippen MR) is 157 cm³/mol. The Labute approximate surface area is 247 Å². The molecule has 0 aliphatic carbocycles. The van der Waals surface area contributed by atoms with Gasteiger partial charge in [-0.3, -0.25) is 19.3 Å². The number of nitrogens with zero attached hydrogens (tertiary/aromatic N) is 1. The van der Waals surface area contributed by atoms with Crippen molar-refractivity contribution in [2.75, 3.05) is 11.9 Å². The first kappa shape index (κ1) is 29.9. The third-order valence-electron chi connectivity index (χ3n) is 6.47. The van der Waals surface area contributed by atoms with E-state index in [1.807, 2.05) is 91.0 Å². The fourth-order valence-electron chi connectivity index (χ4n) is 4.52. The molecular formula is C32H31BrN2O6. The van der Waals surface area contributed by atoms with Crippen LogP contribution in [0.4, 0.5) is 0 Å². The molecule has 1 N–H and O–H groups in total. The minimum Gasteiger partial charge on any atom is -0.448 e. The molecule has 1 fully saturated rings. The number of amides is 2. The highest BCUT2D eigenvalue weighted by Gasteiger charge is 2.53. The van der Waals surface area contributed by atoms with E-state index in [-0.39, 0.29) is 35.7 Å². The molecule has 41 heavy (non-hydrogen) atoms. The van der Waals surface area contributed by atoms with Gasteiger partial charge in [0.1, 0.15) is 12.3 Å². The Bertz CT molecular complexity index is 1370. The minimum absolute atomic E-state index is 0.00304. The zero-order chi connectivity index (χ0) is 29.4. The number of ether oxygens (including phenoxy) is 2. The molecule has 9 heteroatoms. The summed E-state index contributed by atoms with van der Waals surface area (Å²) in [4.78, 5) is 53.2. The summed E-state index contributed by atoms with van der Waals surface area (Å²) in [5, 5.41) is 2.77. The second kappa shape index (κ2) is 14.0. The monoisotopic (exact) mass is 618 g/mol. The maximum absolute atomic E-state index is 13.7. The van der Waals surface area contributed by atoms with Crippen LogP contribution in [0, 0.1) is 0 Å². The van der Waals surface area contributed by atoms with Crippen molar-refractivity contribution >= 4 is 39.5 Å². The Kier molecular flexibility index (Phi) is 10.2. The summed E-state index contributed by atoms with van der Waals surface area (Å²) in [5.74, 6) is -1.91. The summed E-state index contributed by atoms with van der Waals surface area (Å²) in [6.07, 6.45) is -1.74. The number of rotatable bonds is 12. The fraction of sp³-hybridized carbons (Fsp3) is 0.250. The predicted octanol–water partition coefficient (Wildman–Crippen LogP) is 4.49. The van der Waals surface area contributed by atoms with E-state index in [4.69, 9.17) is 9.47 Å². The van der Waals surface area contributed by atoms with Crippen LogP contribution in [-0.2, 0) is 35.1 Å². The number of β-lactam (4-membered cyclic amide) rings is 1. The van der Waals surface area contributed by atoms with Gasteiger partial charge in [0.2, 0.25) is 5.91 Å². The molecule has 1 heterocycles. The molecule has 0 aromatic heterocycles. The highest BCUT2D eigenvalue weighted by atomic mass is 79.9. The molecular weight excluding hydrogens is 588 g/mol. The number of halogens is 1. The third-order valence-corrected chi connectivity index (χ3v) is 7.09. The number of likely N-dealkylation sites (tertiary alicyclic amines) is 1. The molecule has 1 aliphatic heterocycles. The first-order chi connectivity index (χ1) is 19.8. The number of Topliss-reactive ketones (excluding diaryl/α,β-unsaturated/α-hetero) is 1. The van der Waals surface area contributed by atoms with Gasteiger partial charge < -0.3 is 14.8 Å². The Morgan fingerprint density at radius 3 is 1.93 bits per heavy atom. The molecule has 3 aromatic carbocycles. The van der Waals surface area contributed by atoms with Crippen molar-refractivity contribution in [1.82, 2.24) is 10.2 Å². The van der Waals surface area contributed by atoms with E-state index in [0.717, 1.165) is 16.7 Å². The van der Waals surface area contributed by atoms with Gasteiger partial charge >= 0.3 is 5.97 Å². The van der Waals surface area contributed by atoms with Crippen molar-refractivity contribution in [3.63, 3.8) is 0 Å². The lowest BCUT2D eigenvalue weighted by atomic mass is 9.99. The first-order valence-corrected chi connectivity index (χ1v) is 14.3. The quantitative estimate of drug-likeness (QED) is 0.139. The van der Waals surface area contributed by atoms with Crippen LogP contribution < -0.4 is 5.32 Å². The largest absolute Gasteiger partial charge is 0.448 e. The molecule has 8 nitrogen and oxygen atoms in total. The van der Waals surface area contributed by atoms with Crippen LogP contribution in [0.2, 0.25) is 0 Å². The Balaban J connectivity index is 1.58. The summed E-state index contributed by atoms with van der Waals surface area (Å²) in [7, 11) is 0. The maximum Gasteiger partial charge on any atom is 0.356 e. The molecule has 0 radical (unpaired) electrons. The lowest BCUT2D eigenvalue weighted by molar-refractivity contribution is -0.183. The Morgan fingerprint density at radius 2 is 1.41 bits per heavy atom. The van der Waals surface area contributed by atoms with Gasteiger partial charge in [0.05, 0.1) is 11.8 Å². The van der Waals surface area contributed by atoms with Crippen LogP contribution in [-0.4, -0.2) is 52.7 Å². The van der Waals surface area contributed by atoms with E-state index in [9.17, 15) is 19.2 Å². The number of alkyl halides is 1. The number of hydrogen-bond donors (Lipinski definition) is 1. The Morgan fingerprint density at radius 1 is 0.878 bits per heavy atom. The van der Waals surface area contributed by atoms with Crippen LogP contribution in [0.5, 0.6) is 0 Å². The first-order valence-electron chi connectivity index (χ1n) is 13.1. The van der Waals surface area contributed by atoms with Gasteiger partial charge in [-0.1, -0.05) is 107 Å². The lowest BCUT2D eigenvalue weighted by Gasteiger charge is -2.47. The van der Waals surface area contributed by atoms with Crippen molar-refractivity contribution in [3.05, 3.63) is 119 Å². The summed E-state index contributed by atoms with van der Waals surface area (Å²) in [5.41, 5.74) is 2.81. The number of carbonyl (C=O) groups excluding carboxylic acids is 4. The van der Waals surface area contributed by atoms with E-state index < -0.39 is 30.3 Å². The summed E-state index contributed by atoms with van der Waals surface area (Å²) in [6.45, 7) is 3.06. The van der Waals surface area contributed by atoms with Crippen molar-refractivity contribution in [1.29, 1.82) is 0 Å². The molecule has 0 saturated carbocycles. The molecule has 4 rings (SSSR count). The average molecular weight is 620 g/mol. The van der Waals surface area contributed by atoms with Crippen LogP contribution in [0.25, 0.3) is 0 Å². The molecule has 1 saturated heterocycles. The highest BCUT2D eigenvalue weighted by Crippen LogP contribution is 2.33. The number of ketones is 1. The second-order valence-electron chi connectivity index (χ2n) is 9.74. The van der Waals surface area contributed by atoms with E-state index in [1.54, 1.807) is 13.8 Å². The second-order valence-corrected chi connectivity index (χ2v) is 10.3.